The smallest absolute Gasteiger partial charge is 0.251 e. The molecule has 0 aliphatic carbocycles. The van der Waals surface area contributed by atoms with E-state index in [1.807, 2.05) is 48.5 Å². The highest BCUT2D eigenvalue weighted by Crippen LogP contribution is 2.23. The number of amides is 1. The largest absolute Gasteiger partial charge is 0.387 e. The first kappa shape index (κ1) is 13.6. The molecule has 1 unspecified atom stereocenters. The Bertz CT molecular complexity index is 640. The number of rotatable bonds is 4. The Morgan fingerprint density at radius 3 is 2.86 bits per heavy atom. The number of aliphatic hydroxyl groups excluding tert-OH is 1. The molecule has 0 bridgehead atoms. The van der Waals surface area contributed by atoms with Crippen molar-refractivity contribution in [3.05, 3.63) is 65.2 Å². The number of hydrogen-bond acceptors (Lipinski definition) is 3. The molecule has 0 fully saturated rings. The fourth-order valence-electron chi connectivity index (χ4n) is 2.52. The molecular formula is C17H18N2O2. The molecule has 1 aliphatic heterocycles. The molecule has 0 aromatic heterocycles. The van der Waals surface area contributed by atoms with Crippen LogP contribution in [0.25, 0.3) is 0 Å². The summed E-state index contributed by atoms with van der Waals surface area (Å²) in [6.07, 6.45) is 0.312. The van der Waals surface area contributed by atoms with Gasteiger partial charge in [-0.1, -0.05) is 36.4 Å². The second kappa shape index (κ2) is 5.97. The van der Waals surface area contributed by atoms with E-state index in [2.05, 4.69) is 10.6 Å². The number of benzene rings is 2. The predicted molar refractivity (Wildman–Crippen MR) is 82.4 cm³/mol. The van der Waals surface area contributed by atoms with Crippen molar-refractivity contribution >= 4 is 11.6 Å². The van der Waals surface area contributed by atoms with Gasteiger partial charge < -0.3 is 15.7 Å². The second-order valence-electron chi connectivity index (χ2n) is 5.19. The summed E-state index contributed by atoms with van der Waals surface area (Å²) in [6.45, 7) is 1.13. The van der Waals surface area contributed by atoms with E-state index in [1.54, 1.807) is 0 Å². The van der Waals surface area contributed by atoms with Gasteiger partial charge in [-0.15, -0.1) is 0 Å². The first-order valence-electron chi connectivity index (χ1n) is 7.12. The van der Waals surface area contributed by atoms with Crippen molar-refractivity contribution in [1.29, 1.82) is 0 Å². The summed E-state index contributed by atoms with van der Waals surface area (Å²) in [5.74, 6) is -0.165. The van der Waals surface area contributed by atoms with Gasteiger partial charge in [0.15, 0.2) is 0 Å². The molecule has 2 aromatic rings. The van der Waals surface area contributed by atoms with E-state index in [4.69, 9.17) is 0 Å². The minimum atomic E-state index is -0.692. The van der Waals surface area contributed by atoms with Crippen LogP contribution in [0, 0.1) is 0 Å². The molecule has 2 aromatic carbocycles. The number of aliphatic hydroxyl groups is 1. The van der Waals surface area contributed by atoms with Gasteiger partial charge in [-0.05, 0) is 29.7 Å². The summed E-state index contributed by atoms with van der Waals surface area (Å²) < 4.78 is 0. The van der Waals surface area contributed by atoms with Gasteiger partial charge in [0.1, 0.15) is 0 Å². The zero-order chi connectivity index (χ0) is 14.7. The summed E-state index contributed by atoms with van der Waals surface area (Å²) in [5.41, 5.74) is 3.69. The van der Waals surface area contributed by atoms with Crippen LogP contribution in [-0.2, 0) is 6.42 Å². The van der Waals surface area contributed by atoms with E-state index in [9.17, 15) is 9.90 Å². The van der Waals surface area contributed by atoms with Crippen molar-refractivity contribution in [2.75, 3.05) is 18.4 Å². The van der Waals surface area contributed by atoms with Crippen molar-refractivity contribution in [3.63, 3.8) is 0 Å². The van der Waals surface area contributed by atoms with Gasteiger partial charge in [-0.3, -0.25) is 4.79 Å². The SMILES string of the molecule is O=C(NCC(O)c1ccccc1)c1ccc2c(c1)NCC2. The zero-order valence-corrected chi connectivity index (χ0v) is 11.7. The van der Waals surface area contributed by atoms with E-state index in [1.165, 1.54) is 5.56 Å². The molecule has 1 atom stereocenters. The van der Waals surface area contributed by atoms with Crippen LogP contribution in [0.2, 0.25) is 0 Å². The maximum absolute atomic E-state index is 12.1. The van der Waals surface area contributed by atoms with Crippen LogP contribution in [0.3, 0.4) is 0 Å². The molecule has 3 rings (SSSR count). The van der Waals surface area contributed by atoms with Crippen LogP contribution in [0.4, 0.5) is 5.69 Å². The van der Waals surface area contributed by atoms with Crippen LogP contribution in [0.5, 0.6) is 0 Å². The summed E-state index contributed by atoms with van der Waals surface area (Å²) in [5, 5.41) is 16.1. The number of nitrogens with one attached hydrogen (secondary N) is 2. The van der Waals surface area contributed by atoms with Gasteiger partial charge in [-0.2, -0.15) is 0 Å². The maximum atomic E-state index is 12.1. The van der Waals surface area contributed by atoms with Crippen LogP contribution in [-0.4, -0.2) is 24.1 Å². The molecule has 1 heterocycles. The van der Waals surface area contributed by atoms with Gasteiger partial charge in [0.25, 0.3) is 5.91 Å². The third-order valence-corrected chi connectivity index (χ3v) is 3.72. The first-order valence-corrected chi connectivity index (χ1v) is 7.12. The van der Waals surface area contributed by atoms with Crippen molar-refractivity contribution in [3.8, 4) is 0 Å². The van der Waals surface area contributed by atoms with E-state index in [0.29, 0.717) is 5.56 Å². The van der Waals surface area contributed by atoms with Crippen LogP contribution < -0.4 is 10.6 Å². The Hall–Kier alpha value is -2.33. The number of carbonyl (C=O) groups excluding carboxylic acids is 1. The van der Waals surface area contributed by atoms with E-state index < -0.39 is 6.10 Å². The van der Waals surface area contributed by atoms with Gasteiger partial charge in [0, 0.05) is 24.3 Å². The van der Waals surface area contributed by atoms with E-state index in [-0.39, 0.29) is 12.5 Å². The van der Waals surface area contributed by atoms with Crippen LogP contribution >= 0.6 is 0 Å². The van der Waals surface area contributed by atoms with Crippen LogP contribution in [0.15, 0.2) is 48.5 Å². The van der Waals surface area contributed by atoms with E-state index >= 15 is 0 Å². The Morgan fingerprint density at radius 1 is 1.24 bits per heavy atom. The highest BCUT2D eigenvalue weighted by Gasteiger charge is 2.14. The third-order valence-electron chi connectivity index (χ3n) is 3.72. The average molecular weight is 282 g/mol. The van der Waals surface area contributed by atoms with Gasteiger partial charge in [0.2, 0.25) is 0 Å². The first-order chi connectivity index (χ1) is 10.2. The standard InChI is InChI=1S/C17H18N2O2/c20-16(13-4-2-1-3-5-13)11-19-17(21)14-7-6-12-8-9-18-15(12)10-14/h1-7,10,16,18,20H,8-9,11H2,(H,19,21). The fraction of sp³-hybridized carbons (Fsp3) is 0.235. The Morgan fingerprint density at radius 2 is 2.05 bits per heavy atom. The molecule has 21 heavy (non-hydrogen) atoms. The Labute approximate surface area is 123 Å². The molecule has 0 radical (unpaired) electrons. The molecule has 108 valence electrons. The molecule has 0 saturated carbocycles. The van der Waals surface area contributed by atoms with Crippen molar-refractivity contribution in [2.24, 2.45) is 0 Å². The lowest BCUT2D eigenvalue weighted by Gasteiger charge is -2.12. The Balaban J connectivity index is 1.62. The molecule has 4 nitrogen and oxygen atoms in total. The molecular weight excluding hydrogens is 264 g/mol. The second-order valence-corrected chi connectivity index (χ2v) is 5.19. The molecule has 0 spiro atoms. The van der Waals surface area contributed by atoms with Gasteiger partial charge in [-0.25, -0.2) is 0 Å². The highest BCUT2D eigenvalue weighted by atomic mass is 16.3. The predicted octanol–water partition coefficient (Wildman–Crippen LogP) is 2.12. The Kier molecular flexibility index (Phi) is 3.88. The molecule has 3 N–H and O–H groups in total. The number of anilines is 1. The number of fused-ring (bicyclic) bond motifs is 1. The maximum Gasteiger partial charge on any atom is 0.251 e. The third kappa shape index (κ3) is 3.06. The van der Waals surface area contributed by atoms with Gasteiger partial charge >= 0.3 is 0 Å². The van der Waals surface area contributed by atoms with E-state index in [0.717, 1.165) is 24.2 Å². The fourth-order valence-corrected chi connectivity index (χ4v) is 2.52. The zero-order valence-electron chi connectivity index (χ0n) is 11.7. The molecule has 0 saturated heterocycles. The van der Waals surface area contributed by atoms with Crippen LogP contribution in [0.1, 0.15) is 27.6 Å². The highest BCUT2D eigenvalue weighted by molar-refractivity contribution is 5.95. The summed E-state index contributed by atoms with van der Waals surface area (Å²) in [6, 6.07) is 15.0. The van der Waals surface area contributed by atoms with Crippen molar-refractivity contribution in [1.82, 2.24) is 5.32 Å². The lowest BCUT2D eigenvalue weighted by atomic mass is 10.1. The lowest BCUT2D eigenvalue weighted by molar-refractivity contribution is 0.0916. The summed E-state index contributed by atoms with van der Waals surface area (Å²) in [4.78, 5) is 12.1. The molecule has 1 amide bonds. The normalized spacial score (nSPS) is 14.1. The number of carbonyl (C=O) groups is 1. The lowest BCUT2D eigenvalue weighted by Crippen LogP contribution is -2.28. The quantitative estimate of drug-likeness (QED) is 0.805. The number of hydrogen-bond donors (Lipinski definition) is 3. The van der Waals surface area contributed by atoms with Crippen molar-refractivity contribution < 1.29 is 9.90 Å². The molecule has 1 aliphatic rings. The minimum Gasteiger partial charge on any atom is -0.387 e. The average Bonchev–Trinajstić information content (AvgIpc) is 3.00. The van der Waals surface area contributed by atoms with Gasteiger partial charge in [0.05, 0.1) is 6.10 Å². The summed E-state index contributed by atoms with van der Waals surface area (Å²) >= 11 is 0. The van der Waals surface area contributed by atoms with Crippen molar-refractivity contribution in [2.45, 2.75) is 12.5 Å². The molecule has 4 heteroatoms. The summed E-state index contributed by atoms with van der Waals surface area (Å²) in [7, 11) is 0. The minimum absolute atomic E-state index is 0.165. The topological polar surface area (TPSA) is 61.4 Å². The monoisotopic (exact) mass is 282 g/mol.